The summed E-state index contributed by atoms with van der Waals surface area (Å²) in [5.74, 6) is -2.82. The zero-order valence-electron chi connectivity index (χ0n) is 23.4. The fourth-order valence-corrected chi connectivity index (χ4v) is 6.66. The van der Waals surface area contributed by atoms with Crippen LogP contribution in [-0.2, 0) is 4.79 Å². The summed E-state index contributed by atoms with van der Waals surface area (Å²) >= 11 is 0. The molecule has 2 heterocycles. The minimum Gasteiger partial charge on any atom is -0.330 e. The summed E-state index contributed by atoms with van der Waals surface area (Å²) in [6.07, 6.45) is -2.84. The fourth-order valence-electron chi connectivity index (χ4n) is 6.66. The van der Waals surface area contributed by atoms with Gasteiger partial charge in [0.25, 0.3) is 0 Å². The molecule has 1 amide bonds. The summed E-state index contributed by atoms with van der Waals surface area (Å²) in [5, 5.41) is 3.26. The highest BCUT2D eigenvalue weighted by atomic mass is 19.4. The van der Waals surface area contributed by atoms with Gasteiger partial charge in [-0.3, -0.25) is 9.59 Å². The minimum atomic E-state index is -4.55. The van der Waals surface area contributed by atoms with E-state index in [0.29, 0.717) is 23.1 Å². The van der Waals surface area contributed by atoms with Crippen LogP contribution in [0.15, 0.2) is 48.5 Å². The Morgan fingerprint density at radius 2 is 1.80 bits per heavy atom. The molecule has 4 rings (SSSR count). The second-order valence-electron chi connectivity index (χ2n) is 11.5. The first-order valence-electron chi connectivity index (χ1n) is 14.0. The Balaban J connectivity index is 1.87. The molecular formula is C31H39F4N3O2. The summed E-state index contributed by atoms with van der Waals surface area (Å²) in [4.78, 5) is 31.6. The Bertz CT molecular complexity index is 1190. The van der Waals surface area contributed by atoms with Crippen LogP contribution in [0.25, 0.3) is 0 Å². The zero-order chi connectivity index (χ0) is 29.1. The Labute approximate surface area is 233 Å². The molecule has 0 aromatic heterocycles. The van der Waals surface area contributed by atoms with Crippen molar-refractivity contribution in [1.29, 1.82) is 0 Å². The van der Waals surface area contributed by atoms with Crippen LogP contribution in [0.3, 0.4) is 0 Å². The van der Waals surface area contributed by atoms with Crippen molar-refractivity contribution in [2.24, 2.45) is 11.3 Å². The van der Waals surface area contributed by atoms with Gasteiger partial charge in [-0.05, 0) is 70.4 Å². The van der Waals surface area contributed by atoms with Crippen molar-refractivity contribution >= 4 is 11.7 Å². The van der Waals surface area contributed by atoms with Crippen molar-refractivity contribution in [2.75, 3.05) is 40.3 Å². The van der Waals surface area contributed by atoms with Gasteiger partial charge in [-0.1, -0.05) is 48.9 Å². The molecule has 2 aromatic carbocycles. The molecule has 5 nitrogen and oxygen atoms in total. The third-order valence-electron chi connectivity index (χ3n) is 8.64. The van der Waals surface area contributed by atoms with Crippen LogP contribution in [-0.4, -0.2) is 74.0 Å². The number of likely N-dealkylation sites (tertiary alicyclic amines) is 1. The van der Waals surface area contributed by atoms with E-state index in [2.05, 4.69) is 5.32 Å². The molecule has 0 bridgehead atoms. The smallest absolute Gasteiger partial charge is 0.330 e. The van der Waals surface area contributed by atoms with Gasteiger partial charge in [0, 0.05) is 37.0 Å². The Kier molecular flexibility index (Phi) is 9.35. The first kappa shape index (κ1) is 30.2. The van der Waals surface area contributed by atoms with Crippen molar-refractivity contribution in [1.82, 2.24) is 15.1 Å². The molecular weight excluding hydrogens is 522 g/mol. The van der Waals surface area contributed by atoms with E-state index in [1.807, 2.05) is 19.0 Å². The van der Waals surface area contributed by atoms with Crippen LogP contribution in [0, 0.1) is 24.1 Å². The lowest BCUT2D eigenvalue weighted by Gasteiger charge is -2.50. The molecule has 4 atom stereocenters. The van der Waals surface area contributed by atoms with E-state index in [0.717, 1.165) is 17.9 Å². The topological polar surface area (TPSA) is 52.7 Å². The highest BCUT2D eigenvalue weighted by molar-refractivity contribution is 5.99. The molecule has 40 heavy (non-hydrogen) atoms. The molecule has 1 N–H and O–H groups in total. The van der Waals surface area contributed by atoms with Crippen molar-refractivity contribution < 1.29 is 27.2 Å². The van der Waals surface area contributed by atoms with Gasteiger partial charge in [0.2, 0.25) is 5.91 Å². The van der Waals surface area contributed by atoms with E-state index in [9.17, 15) is 22.8 Å². The highest BCUT2D eigenvalue weighted by Gasteiger charge is 2.58. The van der Waals surface area contributed by atoms with E-state index in [1.54, 1.807) is 49.4 Å². The van der Waals surface area contributed by atoms with E-state index in [4.69, 9.17) is 0 Å². The number of carbonyl (C=O) groups is 2. The maximum absolute atomic E-state index is 15.0. The maximum atomic E-state index is 15.0. The molecule has 2 saturated heterocycles. The molecule has 0 saturated carbocycles. The predicted molar refractivity (Wildman–Crippen MR) is 147 cm³/mol. The van der Waals surface area contributed by atoms with E-state index in [1.165, 1.54) is 6.07 Å². The summed E-state index contributed by atoms with van der Waals surface area (Å²) in [7, 11) is 3.88. The van der Waals surface area contributed by atoms with Gasteiger partial charge in [-0.2, -0.15) is 13.2 Å². The number of ketones is 1. The number of Topliss-reactive ketones (excluding diaryl/α,β-unsaturated/α-hetero) is 1. The van der Waals surface area contributed by atoms with Gasteiger partial charge in [-0.25, -0.2) is 4.39 Å². The molecule has 0 radical (unpaired) electrons. The largest absolute Gasteiger partial charge is 0.408 e. The third kappa shape index (κ3) is 6.10. The number of alkyl halides is 3. The molecule has 9 heteroatoms. The number of carbonyl (C=O) groups excluding carboxylic acids is 2. The van der Waals surface area contributed by atoms with Crippen molar-refractivity contribution in [3.63, 3.8) is 0 Å². The number of nitrogens with zero attached hydrogens (tertiary/aromatic N) is 2. The van der Waals surface area contributed by atoms with Gasteiger partial charge in [0.1, 0.15) is 11.9 Å². The summed E-state index contributed by atoms with van der Waals surface area (Å²) in [6.45, 7) is 2.74. The number of amides is 1. The van der Waals surface area contributed by atoms with Crippen LogP contribution in [0.1, 0.15) is 59.5 Å². The molecule has 0 aliphatic carbocycles. The van der Waals surface area contributed by atoms with Gasteiger partial charge in [0.05, 0.1) is 5.41 Å². The third-order valence-corrected chi connectivity index (χ3v) is 8.64. The Morgan fingerprint density at radius 3 is 2.48 bits per heavy atom. The maximum Gasteiger partial charge on any atom is 0.408 e. The summed E-state index contributed by atoms with van der Waals surface area (Å²) < 4.78 is 57.3. The number of hydrogen-bond donors (Lipinski definition) is 1. The number of halogens is 4. The molecule has 2 fully saturated rings. The lowest BCUT2D eigenvalue weighted by Crippen LogP contribution is -2.61. The summed E-state index contributed by atoms with van der Waals surface area (Å²) in [6, 6.07) is 11.5. The second-order valence-corrected chi connectivity index (χ2v) is 11.5. The average Bonchev–Trinajstić information content (AvgIpc) is 3.43. The van der Waals surface area contributed by atoms with Crippen LogP contribution in [0.5, 0.6) is 0 Å². The van der Waals surface area contributed by atoms with Crippen LogP contribution in [0.2, 0.25) is 0 Å². The van der Waals surface area contributed by atoms with Crippen molar-refractivity contribution in [3.05, 3.63) is 71.0 Å². The van der Waals surface area contributed by atoms with Crippen molar-refractivity contribution in [3.8, 4) is 0 Å². The molecule has 0 unspecified atom stereocenters. The fraction of sp³-hybridized carbons (Fsp3) is 0.548. The van der Waals surface area contributed by atoms with Crippen LogP contribution < -0.4 is 5.32 Å². The van der Waals surface area contributed by atoms with Gasteiger partial charge in [-0.15, -0.1) is 0 Å². The van der Waals surface area contributed by atoms with E-state index in [-0.39, 0.29) is 44.7 Å². The Morgan fingerprint density at radius 1 is 1.07 bits per heavy atom. The van der Waals surface area contributed by atoms with Crippen LogP contribution in [0.4, 0.5) is 17.6 Å². The molecule has 0 spiro atoms. The van der Waals surface area contributed by atoms with E-state index < -0.39 is 41.2 Å². The number of nitrogens with one attached hydrogen (secondary N) is 1. The molecule has 218 valence electrons. The summed E-state index contributed by atoms with van der Waals surface area (Å²) in [5.41, 5.74) is -0.0657. The Hall–Kier alpha value is -2.78. The molecule has 2 aliphatic heterocycles. The first-order chi connectivity index (χ1) is 19.0. The lowest BCUT2D eigenvalue weighted by atomic mass is 9.59. The minimum absolute atomic E-state index is 0.00854. The number of unbranched alkanes of at least 4 members (excludes halogenated alkanes) is 1. The predicted octanol–water partition coefficient (Wildman–Crippen LogP) is 5.59. The van der Waals surface area contributed by atoms with Gasteiger partial charge in [0.15, 0.2) is 5.78 Å². The standard InChI is InChI=1S/C31H39F4N3O2/c1-21-23(13-9-14-25(21)32)27-24(28(39)22-11-5-4-6-12-22)19-36-20-30(27,16-7-8-17-37(2)3)29(40)38-18-10-15-26(38)31(33,34)35/h4-6,9,11-14,24,26-27,36H,7-8,10,15-20H2,1-3H3/t24-,26-,27-,30+/m0/s1. The van der Waals surface area contributed by atoms with Crippen LogP contribution >= 0.6 is 0 Å². The van der Waals surface area contributed by atoms with Gasteiger partial charge < -0.3 is 15.1 Å². The van der Waals surface area contributed by atoms with E-state index >= 15 is 4.39 Å². The molecule has 2 aliphatic rings. The highest BCUT2D eigenvalue weighted by Crippen LogP contribution is 2.51. The SMILES string of the molecule is Cc1c(F)cccc1[C@H]1[C@@H](C(=O)c2ccccc2)CNC[C@@]1(CCCCN(C)C)C(=O)N1CCC[C@H]1C(F)(F)F. The quantitative estimate of drug-likeness (QED) is 0.246. The van der Waals surface area contributed by atoms with Crippen molar-refractivity contribution in [2.45, 2.75) is 57.2 Å². The number of rotatable bonds is 9. The van der Waals surface area contributed by atoms with Gasteiger partial charge >= 0.3 is 6.18 Å². The number of hydrogen-bond acceptors (Lipinski definition) is 4. The number of piperidine rings is 1. The first-order valence-corrected chi connectivity index (χ1v) is 14.0. The monoisotopic (exact) mass is 561 g/mol. The zero-order valence-corrected chi connectivity index (χ0v) is 23.4. The average molecular weight is 562 g/mol. The molecule has 2 aromatic rings. The lowest BCUT2D eigenvalue weighted by molar-refractivity contribution is -0.189. The number of benzene rings is 2. The second kappa shape index (κ2) is 12.4. The normalized spacial score (nSPS) is 25.4.